The van der Waals surface area contributed by atoms with Crippen LogP contribution in [-0.4, -0.2) is 19.7 Å². The summed E-state index contributed by atoms with van der Waals surface area (Å²) < 4.78 is 1.67. The van der Waals surface area contributed by atoms with Gasteiger partial charge in [-0.05, 0) is 32.3 Å². The molecule has 0 aliphatic carbocycles. The highest BCUT2D eigenvalue weighted by atomic mass is 35.5. The topological polar surface area (TPSA) is 43.6 Å². The molecule has 0 saturated carbocycles. The van der Waals surface area contributed by atoms with Gasteiger partial charge < -0.3 is 0 Å². The molecule has 0 aliphatic heterocycles. The maximum absolute atomic E-state index is 6.21. The van der Waals surface area contributed by atoms with E-state index in [-0.39, 0.29) is 0 Å². The van der Waals surface area contributed by atoms with Crippen LogP contribution >= 0.6 is 11.6 Å². The second-order valence-corrected chi connectivity index (χ2v) is 5.27. The van der Waals surface area contributed by atoms with E-state index in [0.29, 0.717) is 11.1 Å². The summed E-state index contributed by atoms with van der Waals surface area (Å²) in [7, 11) is 0. The lowest BCUT2D eigenvalue weighted by atomic mass is 10.1. The van der Waals surface area contributed by atoms with E-state index >= 15 is 0 Å². The van der Waals surface area contributed by atoms with Gasteiger partial charge in [-0.2, -0.15) is 5.10 Å². The van der Waals surface area contributed by atoms with Crippen molar-refractivity contribution in [1.82, 2.24) is 19.7 Å². The fourth-order valence-corrected chi connectivity index (χ4v) is 2.14. The lowest BCUT2D eigenvalue weighted by Gasteiger charge is -2.04. The van der Waals surface area contributed by atoms with E-state index in [4.69, 9.17) is 11.6 Å². The summed E-state index contributed by atoms with van der Waals surface area (Å²) in [4.78, 5) is 8.61. The minimum atomic E-state index is 0.554. The number of aryl methyl sites for hydroxylation is 2. The number of hydrogen-bond donors (Lipinski definition) is 0. The summed E-state index contributed by atoms with van der Waals surface area (Å²) in [5.41, 5.74) is 1.90. The van der Waals surface area contributed by atoms with Crippen molar-refractivity contribution >= 4 is 11.6 Å². The van der Waals surface area contributed by atoms with Crippen LogP contribution in [0.15, 0.2) is 12.1 Å². The van der Waals surface area contributed by atoms with Crippen LogP contribution in [0.5, 0.6) is 0 Å². The third-order valence-electron chi connectivity index (χ3n) is 2.50. The van der Waals surface area contributed by atoms with Crippen LogP contribution in [-0.2, 0) is 6.42 Å². The Labute approximate surface area is 112 Å². The van der Waals surface area contributed by atoms with Gasteiger partial charge in [0.15, 0.2) is 5.82 Å². The fourth-order valence-electron chi connectivity index (χ4n) is 1.89. The van der Waals surface area contributed by atoms with Crippen molar-refractivity contribution in [2.75, 3.05) is 0 Å². The Kier molecular flexibility index (Phi) is 3.66. The first-order valence-corrected chi connectivity index (χ1v) is 6.40. The molecule has 0 amide bonds. The SMILES string of the molecule is Cc1cc(-n2nc(CC(C)C)cc2Cl)nc(C)n1. The van der Waals surface area contributed by atoms with E-state index in [1.54, 1.807) is 4.68 Å². The van der Waals surface area contributed by atoms with Gasteiger partial charge in [-0.15, -0.1) is 0 Å². The summed E-state index contributed by atoms with van der Waals surface area (Å²) in [6.45, 7) is 8.12. The summed E-state index contributed by atoms with van der Waals surface area (Å²) >= 11 is 6.21. The molecule has 5 heteroatoms. The first kappa shape index (κ1) is 13.0. The second-order valence-electron chi connectivity index (χ2n) is 4.88. The summed E-state index contributed by atoms with van der Waals surface area (Å²) in [5, 5.41) is 5.08. The molecule has 0 aliphatic rings. The van der Waals surface area contributed by atoms with Crippen LogP contribution in [0, 0.1) is 19.8 Å². The number of rotatable bonds is 3. The maximum Gasteiger partial charge on any atom is 0.159 e. The molecular formula is C13H17ClN4. The van der Waals surface area contributed by atoms with Gasteiger partial charge in [0.25, 0.3) is 0 Å². The molecule has 0 fully saturated rings. The molecular weight excluding hydrogens is 248 g/mol. The van der Waals surface area contributed by atoms with Crippen molar-refractivity contribution in [2.24, 2.45) is 5.92 Å². The first-order valence-electron chi connectivity index (χ1n) is 6.03. The van der Waals surface area contributed by atoms with Crippen LogP contribution in [0.1, 0.15) is 31.1 Å². The summed E-state index contributed by atoms with van der Waals surface area (Å²) in [6, 6.07) is 3.78. The standard InChI is InChI=1S/C13H17ClN4/c1-8(2)5-11-7-12(14)18(17-11)13-6-9(3)15-10(4)16-13/h6-8H,5H2,1-4H3. The number of nitrogens with zero attached hydrogens (tertiary/aromatic N) is 4. The van der Waals surface area contributed by atoms with Crippen LogP contribution in [0.3, 0.4) is 0 Å². The average Bonchev–Trinajstić information content (AvgIpc) is 2.56. The molecule has 0 bridgehead atoms. The van der Waals surface area contributed by atoms with Gasteiger partial charge >= 0.3 is 0 Å². The monoisotopic (exact) mass is 264 g/mol. The normalized spacial score (nSPS) is 11.2. The molecule has 96 valence electrons. The van der Waals surface area contributed by atoms with Gasteiger partial charge in [-0.3, -0.25) is 0 Å². The zero-order chi connectivity index (χ0) is 13.3. The quantitative estimate of drug-likeness (QED) is 0.855. The van der Waals surface area contributed by atoms with E-state index in [1.165, 1.54) is 0 Å². The van der Waals surface area contributed by atoms with E-state index < -0.39 is 0 Å². The highest BCUT2D eigenvalue weighted by Gasteiger charge is 2.11. The van der Waals surface area contributed by atoms with Crippen LogP contribution in [0.25, 0.3) is 5.82 Å². The predicted octanol–water partition coefficient (Wildman–Crippen LogP) is 3.13. The van der Waals surface area contributed by atoms with Crippen molar-refractivity contribution in [3.8, 4) is 5.82 Å². The van der Waals surface area contributed by atoms with E-state index in [2.05, 4.69) is 28.9 Å². The van der Waals surface area contributed by atoms with Gasteiger partial charge in [0, 0.05) is 11.8 Å². The van der Waals surface area contributed by atoms with E-state index in [0.717, 1.165) is 29.5 Å². The number of hydrogen-bond acceptors (Lipinski definition) is 3. The molecule has 0 spiro atoms. The summed E-state index contributed by atoms with van der Waals surface area (Å²) in [6.07, 6.45) is 0.912. The minimum Gasteiger partial charge on any atom is -0.238 e. The Bertz CT molecular complexity index is 540. The van der Waals surface area contributed by atoms with Crippen LogP contribution < -0.4 is 0 Å². The lowest BCUT2D eigenvalue weighted by Crippen LogP contribution is -2.04. The molecule has 2 aromatic heterocycles. The Morgan fingerprint density at radius 2 is 1.94 bits per heavy atom. The molecule has 4 nitrogen and oxygen atoms in total. The Balaban J connectivity index is 2.41. The summed E-state index contributed by atoms with van der Waals surface area (Å²) in [5.74, 6) is 2.00. The average molecular weight is 265 g/mol. The third kappa shape index (κ3) is 2.88. The number of halogens is 1. The van der Waals surface area contributed by atoms with Crippen molar-refractivity contribution in [2.45, 2.75) is 34.1 Å². The van der Waals surface area contributed by atoms with Gasteiger partial charge in [0.05, 0.1) is 5.69 Å². The highest BCUT2D eigenvalue weighted by Crippen LogP contribution is 2.18. The van der Waals surface area contributed by atoms with E-state index in [9.17, 15) is 0 Å². The molecule has 0 N–H and O–H groups in total. The zero-order valence-corrected chi connectivity index (χ0v) is 11.9. The number of aromatic nitrogens is 4. The minimum absolute atomic E-state index is 0.554. The maximum atomic E-state index is 6.21. The van der Waals surface area contributed by atoms with Crippen molar-refractivity contribution in [3.05, 3.63) is 34.5 Å². The third-order valence-corrected chi connectivity index (χ3v) is 2.77. The fraction of sp³-hybridized carbons (Fsp3) is 0.462. The van der Waals surface area contributed by atoms with Gasteiger partial charge in [0.2, 0.25) is 0 Å². The Hall–Kier alpha value is -1.42. The van der Waals surface area contributed by atoms with Crippen LogP contribution in [0.4, 0.5) is 0 Å². The van der Waals surface area contributed by atoms with Gasteiger partial charge in [-0.1, -0.05) is 25.4 Å². The molecule has 0 radical (unpaired) electrons. The smallest absolute Gasteiger partial charge is 0.159 e. The highest BCUT2D eigenvalue weighted by molar-refractivity contribution is 6.29. The van der Waals surface area contributed by atoms with E-state index in [1.807, 2.05) is 26.0 Å². The Morgan fingerprint density at radius 3 is 2.56 bits per heavy atom. The Morgan fingerprint density at radius 1 is 1.22 bits per heavy atom. The van der Waals surface area contributed by atoms with Crippen molar-refractivity contribution in [1.29, 1.82) is 0 Å². The predicted molar refractivity (Wildman–Crippen MR) is 72.2 cm³/mol. The van der Waals surface area contributed by atoms with Crippen LogP contribution in [0.2, 0.25) is 5.15 Å². The van der Waals surface area contributed by atoms with Gasteiger partial charge in [0.1, 0.15) is 11.0 Å². The molecule has 0 unspecified atom stereocenters. The molecule has 2 aromatic rings. The molecule has 0 atom stereocenters. The van der Waals surface area contributed by atoms with Crippen molar-refractivity contribution in [3.63, 3.8) is 0 Å². The lowest BCUT2D eigenvalue weighted by molar-refractivity contribution is 0.627. The van der Waals surface area contributed by atoms with Gasteiger partial charge in [-0.25, -0.2) is 14.6 Å². The molecule has 0 aromatic carbocycles. The molecule has 2 heterocycles. The molecule has 2 rings (SSSR count). The zero-order valence-electron chi connectivity index (χ0n) is 11.1. The second kappa shape index (κ2) is 5.06. The van der Waals surface area contributed by atoms with Crippen molar-refractivity contribution < 1.29 is 0 Å². The first-order chi connectivity index (χ1) is 8.45. The molecule has 0 saturated heterocycles. The largest absolute Gasteiger partial charge is 0.238 e. The molecule has 18 heavy (non-hydrogen) atoms.